The number of ether oxygens (including phenoxy) is 1. The molecule has 2 aromatic carbocycles. The predicted octanol–water partition coefficient (Wildman–Crippen LogP) is 7.65. The molecular formula is C26H24ClF2N3O2S. The van der Waals surface area contributed by atoms with Gasteiger partial charge >= 0.3 is 0 Å². The molecule has 0 amide bonds. The zero-order chi connectivity index (χ0) is 25.1. The van der Waals surface area contributed by atoms with E-state index >= 15 is 4.39 Å². The van der Waals surface area contributed by atoms with E-state index in [9.17, 15) is 9.18 Å². The Morgan fingerprint density at radius 2 is 2.03 bits per heavy atom. The van der Waals surface area contributed by atoms with E-state index in [2.05, 4.69) is 14.7 Å². The second-order valence-electron chi connectivity index (χ2n) is 8.19. The van der Waals surface area contributed by atoms with Crippen LogP contribution in [0.15, 0.2) is 48.8 Å². The number of nitrogens with one attached hydrogen (secondary N) is 2. The van der Waals surface area contributed by atoms with Crippen molar-refractivity contribution in [2.24, 2.45) is 0 Å². The highest BCUT2D eigenvalue weighted by molar-refractivity contribution is 8.00. The minimum Gasteiger partial charge on any atom is -0.491 e. The highest BCUT2D eigenvalue weighted by atomic mass is 35.5. The minimum atomic E-state index is -0.930. The molecule has 5 nitrogen and oxygen atoms in total. The number of benzene rings is 2. The Kier molecular flexibility index (Phi) is 7.62. The maximum absolute atomic E-state index is 15.1. The number of rotatable bonds is 9. The van der Waals surface area contributed by atoms with E-state index in [0.29, 0.717) is 32.9 Å². The Labute approximate surface area is 211 Å². The van der Waals surface area contributed by atoms with Crippen LogP contribution in [0, 0.1) is 11.6 Å². The van der Waals surface area contributed by atoms with Crippen molar-refractivity contribution in [3.05, 3.63) is 76.6 Å². The quantitative estimate of drug-likeness (QED) is 0.136. The zero-order valence-corrected chi connectivity index (χ0v) is 21.0. The highest BCUT2D eigenvalue weighted by Gasteiger charge is 2.25. The first-order valence-corrected chi connectivity index (χ1v) is 12.5. The summed E-state index contributed by atoms with van der Waals surface area (Å²) >= 11 is 7.78. The molecule has 0 fully saturated rings. The molecule has 0 aliphatic carbocycles. The van der Waals surface area contributed by atoms with Gasteiger partial charge in [-0.15, -0.1) is 0 Å². The van der Waals surface area contributed by atoms with E-state index in [0.717, 1.165) is 18.2 Å². The number of aromatic nitrogens is 2. The lowest BCUT2D eigenvalue weighted by molar-refractivity contribution is 0.103. The molecule has 4 rings (SSSR count). The maximum atomic E-state index is 15.1. The van der Waals surface area contributed by atoms with Gasteiger partial charge in [0.2, 0.25) is 5.78 Å². The van der Waals surface area contributed by atoms with Crippen LogP contribution in [-0.4, -0.2) is 27.6 Å². The van der Waals surface area contributed by atoms with Gasteiger partial charge in [0.25, 0.3) is 0 Å². The third-order valence-electron chi connectivity index (χ3n) is 5.21. The smallest absolute Gasteiger partial charge is 0.201 e. The van der Waals surface area contributed by atoms with Gasteiger partial charge in [-0.1, -0.05) is 30.5 Å². The number of H-pyrrole nitrogens is 1. The van der Waals surface area contributed by atoms with Gasteiger partial charge in [0.05, 0.1) is 22.4 Å². The van der Waals surface area contributed by atoms with Gasteiger partial charge in [-0.2, -0.15) is 0 Å². The molecule has 182 valence electrons. The molecule has 0 spiro atoms. The lowest BCUT2D eigenvalue weighted by Crippen LogP contribution is -2.09. The SMILES string of the molecule is CCCSNc1ccc(F)c(C(=O)c2c[nH]c3ncc(-c4ccc(OC(C)C)cc4Cl)cc23)c1F. The lowest BCUT2D eigenvalue weighted by Gasteiger charge is -2.12. The van der Waals surface area contributed by atoms with Crippen molar-refractivity contribution in [3.8, 4) is 16.9 Å². The van der Waals surface area contributed by atoms with E-state index in [1.54, 1.807) is 30.5 Å². The van der Waals surface area contributed by atoms with Crippen LogP contribution in [0.3, 0.4) is 0 Å². The average Bonchev–Trinajstić information content (AvgIpc) is 3.23. The van der Waals surface area contributed by atoms with Crippen molar-refractivity contribution in [1.82, 2.24) is 9.97 Å². The second kappa shape index (κ2) is 10.7. The van der Waals surface area contributed by atoms with Gasteiger partial charge in [-0.05, 0) is 56.7 Å². The van der Waals surface area contributed by atoms with Crippen LogP contribution in [-0.2, 0) is 0 Å². The summed E-state index contributed by atoms with van der Waals surface area (Å²) in [6.45, 7) is 5.84. The molecule has 9 heteroatoms. The van der Waals surface area contributed by atoms with Crippen molar-refractivity contribution < 1.29 is 18.3 Å². The molecule has 2 N–H and O–H groups in total. The van der Waals surface area contributed by atoms with E-state index < -0.39 is 23.0 Å². The van der Waals surface area contributed by atoms with Crippen LogP contribution in [0.25, 0.3) is 22.2 Å². The fourth-order valence-electron chi connectivity index (χ4n) is 3.62. The van der Waals surface area contributed by atoms with Gasteiger partial charge in [0.1, 0.15) is 17.2 Å². The first kappa shape index (κ1) is 25.0. The molecule has 0 aliphatic rings. The maximum Gasteiger partial charge on any atom is 0.201 e. The summed E-state index contributed by atoms with van der Waals surface area (Å²) in [5.74, 6) is -1.26. The van der Waals surface area contributed by atoms with Gasteiger partial charge in [-0.3, -0.25) is 4.79 Å². The van der Waals surface area contributed by atoms with Crippen LogP contribution in [0.1, 0.15) is 43.1 Å². The number of carbonyl (C=O) groups is 1. The monoisotopic (exact) mass is 515 g/mol. The molecule has 0 unspecified atom stereocenters. The number of pyridine rings is 1. The van der Waals surface area contributed by atoms with Gasteiger partial charge in [-0.25, -0.2) is 13.8 Å². The van der Waals surface area contributed by atoms with Crippen LogP contribution in [0.4, 0.5) is 14.5 Å². The summed E-state index contributed by atoms with van der Waals surface area (Å²) in [6, 6.07) is 9.42. The molecule has 0 aliphatic heterocycles. The summed E-state index contributed by atoms with van der Waals surface area (Å²) in [6.07, 6.45) is 3.92. The van der Waals surface area contributed by atoms with E-state index in [1.165, 1.54) is 24.2 Å². The standard InChI is InChI=1S/C26H24ClF2N3O2S/c1-4-9-35-32-22-8-7-21(28)23(24(22)29)25(33)19-13-31-26-18(19)10-15(12-30-26)17-6-5-16(11-20(17)27)34-14(2)3/h5-8,10-14,32H,4,9H2,1-3H3,(H,30,31). The number of hydrogen-bond donors (Lipinski definition) is 2. The Hall–Kier alpha value is -3.10. The van der Waals surface area contributed by atoms with E-state index in [1.807, 2.05) is 20.8 Å². The number of anilines is 1. The number of fused-ring (bicyclic) bond motifs is 1. The molecule has 4 aromatic rings. The van der Waals surface area contributed by atoms with Crippen LogP contribution >= 0.6 is 23.5 Å². The molecule has 2 heterocycles. The van der Waals surface area contributed by atoms with Crippen LogP contribution in [0.5, 0.6) is 5.75 Å². The molecule has 35 heavy (non-hydrogen) atoms. The molecule has 0 atom stereocenters. The fraction of sp³-hybridized carbons (Fsp3) is 0.231. The molecular weight excluding hydrogens is 492 g/mol. The van der Waals surface area contributed by atoms with Crippen molar-refractivity contribution >= 4 is 46.1 Å². The fourth-order valence-corrected chi connectivity index (χ4v) is 4.52. The third kappa shape index (κ3) is 5.28. The number of carbonyl (C=O) groups excluding carboxylic acids is 1. The predicted molar refractivity (Wildman–Crippen MR) is 138 cm³/mol. The van der Waals surface area contributed by atoms with Crippen LogP contribution < -0.4 is 9.46 Å². The first-order valence-electron chi connectivity index (χ1n) is 11.1. The molecule has 0 bridgehead atoms. The Morgan fingerprint density at radius 3 is 2.74 bits per heavy atom. The summed E-state index contributed by atoms with van der Waals surface area (Å²) in [7, 11) is 0. The largest absolute Gasteiger partial charge is 0.491 e. The van der Waals surface area contributed by atoms with Gasteiger partial charge in [0, 0.05) is 40.2 Å². The van der Waals surface area contributed by atoms with Gasteiger partial charge in [0.15, 0.2) is 5.82 Å². The number of hydrogen-bond acceptors (Lipinski definition) is 5. The molecule has 0 saturated carbocycles. The number of nitrogens with zero attached hydrogens (tertiary/aromatic N) is 1. The number of ketones is 1. The van der Waals surface area contributed by atoms with Crippen molar-refractivity contribution in [2.45, 2.75) is 33.3 Å². The summed E-state index contributed by atoms with van der Waals surface area (Å²) in [4.78, 5) is 20.6. The van der Waals surface area contributed by atoms with Crippen molar-refractivity contribution in [1.29, 1.82) is 0 Å². The van der Waals surface area contributed by atoms with Gasteiger partial charge < -0.3 is 14.4 Å². The molecule has 2 aromatic heterocycles. The van der Waals surface area contributed by atoms with Crippen LogP contribution in [0.2, 0.25) is 5.02 Å². The average molecular weight is 516 g/mol. The lowest BCUT2D eigenvalue weighted by atomic mass is 9.99. The third-order valence-corrected chi connectivity index (χ3v) is 6.49. The summed E-state index contributed by atoms with van der Waals surface area (Å²) in [5, 5.41) is 0.886. The topological polar surface area (TPSA) is 67.0 Å². The normalized spacial score (nSPS) is 11.3. The summed E-state index contributed by atoms with van der Waals surface area (Å²) in [5.41, 5.74) is 1.31. The first-order chi connectivity index (χ1) is 16.8. The Bertz CT molecular complexity index is 1390. The van der Waals surface area contributed by atoms with E-state index in [-0.39, 0.29) is 17.4 Å². The number of halogens is 3. The Morgan fingerprint density at radius 1 is 1.23 bits per heavy atom. The molecule has 0 radical (unpaired) electrons. The minimum absolute atomic E-state index is 0.00286. The Balaban J connectivity index is 1.72. The van der Waals surface area contributed by atoms with E-state index in [4.69, 9.17) is 16.3 Å². The summed E-state index contributed by atoms with van der Waals surface area (Å²) < 4.78 is 38.3. The zero-order valence-electron chi connectivity index (χ0n) is 19.4. The molecule has 0 saturated heterocycles. The highest BCUT2D eigenvalue weighted by Crippen LogP contribution is 2.34. The van der Waals surface area contributed by atoms with Crippen molar-refractivity contribution in [2.75, 3.05) is 10.5 Å². The number of aromatic amines is 1. The second-order valence-corrected chi connectivity index (χ2v) is 9.50. The van der Waals surface area contributed by atoms with Crippen molar-refractivity contribution in [3.63, 3.8) is 0 Å².